The molecule has 3 rings (SSSR count). The predicted molar refractivity (Wildman–Crippen MR) is 109 cm³/mol. The number of benzene rings is 1. The molecule has 0 aliphatic carbocycles. The minimum absolute atomic E-state index is 0.00727. The van der Waals surface area contributed by atoms with Crippen molar-refractivity contribution >= 4 is 29.1 Å². The fourth-order valence-electron chi connectivity index (χ4n) is 2.98. The van der Waals surface area contributed by atoms with Gasteiger partial charge in [0, 0.05) is 30.7 Å². The summed E-state index contributed by atoms with van der Waals surface area (Å²) in [4.78, 5) is 33.0. The number of anilines is 1. The van der Waals surface area contributed by atoms with Gasteiger partial charge in [0.2, 0.25) is 5.91 Å². The maximum Gasteiger partial charge on any atom is 0.274 e. The molecule has 1 aromatic carbocycles. The molecule has 1 aliphatic rings. The van der Waals surface area contributed by atoms with Crippen molar-refractivity contribution in [3.63, 3.8) is 0 Å². The molecule has 0 saturated heterocycles. The molecule has 0 saturated carbocycles. The third kappa shape index (κ3) is 5.02. The molecule has 154 valence electrons. The number of carbonyl (C=O) groups excluding carboxylic acids is 2. The molecule has 0 spiro atoms. The van der Waals surface area contributed by atoms with Gasteiger partial charge in [-0.15, -0.1) is 0 Å². The lowest BCUT2D eigenvalue weighted by Crippen LogP contribution is -2.38. The van der Waals surface area contributed by atoms with Gasteiger partial charge in [0.05, 0.1) is 18.4 Å². The van der Waals surface area contributed by atoms with E-state index in [4.69, 9.17) is 11.6 Å². The second-order valence-electron chi connectivity index (χ2n) is 6.81. The number of hydrogen-bond donors (Lipinski definition) is 1. The van der Waals surface area contributed by atoms with Gasteiger partial charge in [-0.3, -0.25) is 9.59 Å². The molecule has 0 radical (unpaired) electrons. The van der Waals surface area contributed by atoms with E-state index < -0.39 is 11.7 Å². The topological polar surface area (TPSA) is 70.5 Å². The lowest BCUT2D eigenvalue weighted by molar-refractivity contribution is -0.127. The van der Waals surface area contributed by atoms with Gasteiger partial charge in [0.15, 0.2) is 0 Å². The van der Waals surface area contributed by atoms with Crippen molar-refractivity contribution in [3.05, 3.63) is 58.9 Å². The number of nitrogens with one attached hydrogen (secondary N) is 1. The number of aromatic nitrogens is 2. The Bertz CT molecular complexity index is 943. The van der Waals surface area contributed by atoms with Crippen molar-refractivity contribution in [2.24, 2.45) is 0 Å². The molecule has 1 aromatic heterocycles. The summed E-state index contributed by atoms with van der Waals surface area (Å²) in [6.07, 6.45) is 4.85. The number of carbonyl (C=O) groups is 2. The van der Waals surface area contributed by atoms with E-state index in [2.05, 4.69) is 22.1 Å². The molecule has 2 heterocycles. The SMILES string of the molecule is CCN(C)C/C=C/C(=O)N1CCn2c(C(=O)Nc3cc(Cl)ccc3F)cnc2C1. The maximum atomic E-state index is 13.9. The second kappa shape index (κ2) is 9.19. The molecule has 0 bridgehead atoms. The summed E-state index contributed by atoms with van der Waals surface area (Å²) in [6.45, 7) is 4.87. The van der Waals surface area contributed by atoms with Gasteiger partial charge in [-0.25, -0.2) is 9.37 Å². The minimum Gasteiger partial charge on any atom is -0.330 e. The van der Waals surface area contributed by atoms with Gasteiger partial charge in [0.25, 0.3) is 5.91 Å². The zero-order chi connectivity index (χ0) is 21.0. The molecule has 0 atom stereocenters. The Hall–Kier alpha value is -2.71. The van der Waals surface area contributed by atoms with E-state index in [1.54, 1.807) is 15.5 Å². The normalized spacial score (nSPS) is 13.8. The van der Waals surface area contributed by atoms with Crippen LogP contribution in [0.4, 0.5) is 10.1 Å². The van der Waals surface area contributed by atoms with E-state index in [0.717, 1.165) is 6.54 Å². The number of rotatable bonds is 6. The van der Waals surface area contributed by atoms with Gasteiger partial charge < -0.3 is 19.7 Å². The first-order chi connectivity index (χ1) is 13.9. The van der Waals surface area contributed by atoms with Crippen molar-refractivity contribution < 1.29 is 14.0 Å². The van der Waals surface area contributed by atoms with E-state index in [9.17, 15) is 14.0 Å². The fraction of sp³-hybridized carbons (Fsp3) is 0.350. The molecule has 29 heavy (non-hydrogen) atoms. The van der Waals surface area contributed by atoms with Crippen molar-refractivity contribution in [1.82, 2.24) is 19.4 Å². The standard InChI is InChI=1S/C20H23ClFN5O2/c1-3-25(2)8-4-5-19(28)26-9-10-27-17(12-23-18(27)13-26)20(29)24-16-11-14(21)6-7-15(16)22/h4-7,11-12H,3,8-10,13H2,1-2H3,(H,24,29)/b5-4+. The summed E-state index contributed by atoms with van der Waals surface area (Å²) < 4.78 is 15.6. The Morgan fingerprint density at radius 2 is 2.17 bits per heavy atom. The van der Waals surface area contributed by atoms with Gasteiger partial charge >= 0.3 is 0 Å². The Balaban J connectivity index is 1.66. The molecule has 0 fully saturated rings. The number of halogens is 2. The van der Waals surface area contributed by atoms with Gasteiger partial charge in [-0.05, 0) is 31.8 Å². The largest absolute Gasteiger partial charge is 0.330 e. The molecule has 9 heteroatoms. The average Bonchev–Trinajstić information content (AvgIpc) is 3.13. The van der Waals surface area contributed by atoms with E-state index in [-0.39, 0.29) is 11.6 Å². The van der Waals surface area contributed by atoms with Crippen LogP contribution in [0.3, 0.4) is 0 Å². The monoisotopic (exact) mass is 419 g/mol. The van der Waals surface area contributed by atoms with Crippen LogP contribution in [0.15, 0.2) is 36.5 Å². The molecule has 2 aromatic rings. The Morgan fingerprint density at radius 1 is 1.38 bits per heavy atom. The molecule has 2 amide bonds. The molecular weight excluding hydrogens is 397 g/mol. The average molecular weight is 420 g/mol. The Labute approximate surface area is 173 Å². The lowest BCUT2D eigenvalue weighted by Gasteiger charge is -2.27. The quantitative estimate of drug-likeness (QED) is 0.731. The van der Waals surface area contributed by atoms with E-state index in [0.29, 0.717) is 42.7 Å². The van der Waals surface area contributed by atoms with Gasteiger partial charge in [0.1, 0.15) is 17.3 Å². The van der Waals surface area contributed by atoms with Crippen molar-refractivity contribution in [2.45, 2.75) is 20.0 Å². The first-order valence-corrected chi connectivity index (χ1v) is 9.71. The third-order valence-corrected chi connectivity index (χ3v) is 5.04. The third-order valence-electron chi connectivity index (χ3n) is 4.80. The van der Waals surface area contributed by atoms with Crippen LogP contribution in [0, 0.1) is 5.82 Å². The van der Waals surface area contributed by atoms with Crippen molar-refractivity contribution in [3.8, 4) is 0 Å². The zero-order valence-corrected chi connectivity index (χ0v) is 17.1. The van der Waals surface area contributed by atoms with E-state index in [1.165, 1.54) is 24.4 Å². The van der Waals surface area contributed by atoms with Crippen LogP contribution in [0.25, 0.3) is 0 Å². The van der Waals surface area contributed by atoms with Crippen molar-refractivity contribution in [1.29, 1.82) is 0 Å². The molecule has 7 nitrogen and oxygen atoms in total. The fourth-order valence-corrected chi connectivity index (χ4v) is 3.15. The smallest absolute Gasteiger partial charge is 0.274 e. The van der Waals surface area contributed by atoms with Crippen LogP contribution in [-0.2, 0) is 17.9 Å². The number of hydrogen-bond acceptors (Lipinski definition) is 4. The first kappa shape index (κ1) is 21.0. The Kier molecular flexibility index (Phi) is 6.66. The van der Waals surface area contributed by atoms with Crippen LogP contribution < -0.4 is 5.32 Å². The summed E-state index contributed by atoms with van der Waals surface area (Å²) in [6, 6.07) is 3.96. The summed E-state index contributed by atoms with van der Waals surface area (Å²) in [5, 5.41) is 2.85. The molecule has 0 unspecified atom stereocenters. The molecule has 1 aliphatic heterocycles. The second-order valence-corrected chi connectivity index (χ2v) is 7.24. The lowest BCUT2D eigenvalue weighted by atomic mass is 10.3. The van der Waals surface area contributed by atoms with Crippen LogP contribution in [0.5, 0.6) is 0 Å². The molecule has 1 N–H and O–H groups in total. The summed E-state index contributed by atoms with van der Waals surface area (Å²) in [5.74, 6) is -0.526. The van der Waals surface area contributed by atoms with Crippen LogP contribution in [-0.4, -0.2) is 57.8 Å². The van der Waals surface area contributed by atoms with Crippen LogP contribution in [0.1, 0.15) is 23.2 Å². The predicted octanol–water partition coefficient (Wildman–Crippen LogP) is 2.78. The number of nitrogens with zero attached hydrogens (tertiary/aromatic N) is 4. The summed E-state index contributed by atoms with van der Waals surface area (Å²) in [7, 11) is 1.98. The number of fused-ring (bicyclic) bond motifs is 1. The van der Waals surface area contributed by atoms with Gasteiger partial charge in [-0.1, -0.05) is 24.6 Å². The summed E-state index contributed by atoms with van der Waals surface area (Å²) >= 11 is 5.87. The van der Waals surface area contributed by atoms with E-state index >= 15 is 0 Å². The highest BCUT2D eigenvalue weighted by Crippen LogP contribution is 2.21. The highest BCUT2D eigenvalue weighted by atomic mass is 35.5. The Morgan fingerprint density at radius 3 is 2.93 bits per heavy atom. The highest BCUT2D eigenvalue weighted by molar-refractivity contribution is 6.31. The minimum atomic E-state index is -0.571. The van der Waals surface area contributed by atoms with E-state index in [1.807, 2.05) is 13.1 Å². The molecular formula is C20H23ClFN5O2. The number of amides is 2. The zero-order valence-electron chi connectivity index (χ0n) is 16.4. The van der Waals surface area contributed by atoms with Crippen molar-refractivity contribution in [2.75, 3.05) is 32.0 Å². The number of likely N-dealkylation sites (N-methyl/N-ethyl adjacent to an activating group) is 1. The van der Waals surface area contributed by atoms with Crippen LogP contribution >= 0.6 is 11.6 Å². The highest BCUT2D eigenvalue weighted by Gasteiger charge is 2.25. The first-order valence-electron chi connectivity index (χ1n) is 9.33. The van der Waals surface area contributed by atoms with Gasteiger partial charge in [-0.2, -0.15) is 0 Å². The van der Waals surface area contributed by atoms with Crippen LogP contribution in [0.2, 0.25) is 5.02 Å². The summed E-state index contributed by atoms with van der Waals surface area (Å²) in [5.41, 5.74) is 0.319. The number of imidazole rings is 1. The maximum absolute atomic E-state index is 13.9.